The maximum atomic E-state index is 13.9. The molecule has 0 atom stereocenters. The highest BCUT2D eigenvalue weighted by Gasteiger charge is 2.33. The van der Waals surface area contributed by atoms with Crippen LogP contribution in [0.25, 0.3) is 11.7 Å². The standard InChI is InChI=1S/C20H16F4N8O2/c21-13-5-9(1-4-12(13)20(22,23)24)7-25-17-29-15-10(6-14-16(33)30-19(34)28-14)8-26-32(15)18(31-17)27-11-2-3-11/h1,4-6,8,11,33H,2-3,7H2,(H,25,27,31)(H2,28,30,34). The summed E-state index contributed by atoms with van der Waals surface area (Å²) < 4.78 is 53.7. The lowest BCUT2D eigenvalue weighted by Gasteiger charge is -2.10. The van der Waals surface area contributed by atoms with Crippen molar-refractivity contribution in [1.82, 2.24) is 29.5 Å². The molecule has 3 heterocycles. The van der Waals surface area contributed by atoms with E-state index in [1.807, 2.05) is 0 Å². The molecule has 0 bridgehead atoms. The van der Waals surface area contributed by atoms with Crippen molar-refractivity contribution >= 4 is 17.7 Å². The van der Waals surface area contributed by atoms with E-state index < -0.39 is 23.2 Å². The van der Waals surface area contributed by atoms with E-state index in [1.54, 1.807) is 0 Å². The molecule has 5 rings (SSSR count). The number of imidazole rings is 1. The minimum atomic E-state index is -4.78. The Balaban J connectivity index is 1.52. The second-order valence-corrected chi connectivity index (χ2v) is 7.69. The summed E-state index contributed by atoms with van der Waals surface area (Å²) in [5.41, 5.74) is -1.01. The molecule has 1 aromatic carbocycles. The number of aromatic hydroxyl groups is 1. The van der Waals surface area contributed by atoms with Crippen LogP contribution >= 0.6 is 0 Å². The third-order valence-corrected chi connectivity index (χ3v) is 5.05. The van der Waals surface area contributed by atoms with Gasteiger partial charge in [0.25, 0.3) is 5.62 Å². The van der Waals surface area contributed by atoms with Gasteiger partial charge in [-0.3, -0.25) is 4.98 Å². The number of nitrogens with zero attached hydrogens (tertiary/aromatic N) is 5. The molecule has 1 aliphatic rings. The predicted molar refractivity (Wildman–Crippen MR) is 110 cm³/mol. The number of hydrogen-bond acceptors (Lipinski definition) is 7. The van der Waals surface area contributed by atoms with Crippen LogP contribution in [-0.2, 0) is 12.7 Å². The topological polar surface area (TPSA) is 136 Å². The van der Waals surface area contributed by atoms with E-state index in [4.69, 9.17) is 0 Å². The number of H-pyrrole nitrogens is 2. The fourth-order valence-electron chi connectivity index (χ4n) is 3.24. The van der Waals surface area contributed by atoms with Crippen LogP contribution < -0.4 is 21.8 Å². The molecule has 34 heavy (non-hydrogen) atoms. The fourth-order valence-corrected chi connectivity index (χ4v) is 3.24. The van der Waals surface area contributed by atoms with Crippen LogP contribution in [0, 0.1) is 5.82 Å². The van der Waals surface area contributed by atoms with Crippen LogP contribution in [0.2, 0.25) is 0 Å². The van der Waals surface area contributed by atoms with E-state index in [0.29, 0.717) is 16.9 Å². The normalized spacial score (nSPS) is 15.4. The summed E-state index contributed by atoms with van der Waals surface area (Å²) in [4.78, 5) is 29.3. The number of anilines is 1. The van der Waals surface area contributed by atoms with Gasteiger partial charge in [0.15, 0.2) is 5.65 Å². The molecule has 176 valence electrons. The van der Waals surface area contributed by atoms with E-state index in [9.17, 15) is 27.5 Å². The third-order valence-electron chi connectivity index (χ3n) is 5.05. The van der Waals surface area contributed by atoms with Gasteiger partial charge in [-0.15, -0.1) is 0 Å². The Morgan fingerprint density at radius 2 is 2.06 bits per heavy atom. The summed E-state index contributed by atoms with van der Waals surface area (Å²) >= 11 is 0. The first-order chi connectivity index (χ1) is 16.2. The third kappa shape index (κ3) is 4.33. The Morgan fingerprint density at radius 1 is 1.26 bits per heavy atom. The molecule has 0 amide bonds. The van der Waals surface area contributed by atoms with Gasteiger partial charge in [0.1, 0.15) is 11.5 Å². The van der Waals surface area contributed by atoms with Crippen molar-refractivity contribution < 1.29 is 22.7 Å². The minimum absolute atomic E-state index is 0.0484. The molecule has 0 spiro atoms. The number of hydrogen-bond donors (Lipinski definition) is 4. The molecule has 1 aliphatic carbocycles. The lowest BCUT2D eigenvalue weighted by atomic mass is 10.1. The number of halogens is 4. The first-order valence-corrected chi connectivity index (χ1v) is 10.1. The summed E-state index contributed by atoms with van der Waals surface area (Å²) in [5, 5.41) is 17.4. The Kier molecular flexibility index (Phi) is 5.06. The molecule has 4 N–H and O–H groups in total. The average Bonchev–Trinajstić information content (AvgIpc) is 3.40. The molecular formula is C20H16F4N8O2. The second-order valence-electron chi connectivity index (χ2n) is 7.69. The summed E-state index contributed by atoms with van der Waals surface area (Å²) in [5.74, 6) is -1.64. The van der Waals surface area contributed by atoms with Gasteiger partial charge in [-0.25, -0.2) is 14.2 Å². The van der Waals surface area contributed by atoms with Gasteiger partial charge in [0, 0.05) is 11.8 Å². The van der Waals surface area contributed by atoms with E-state index >= 15 is 0 Å². The molecule has 3 aromatic heterocycles. The average molecular weight is 476 g/mol. The van der Waals surface area contributed by atoms with Crippen molar-refractivity contribution in [3.05, 3.63) is 68.4 Å². The first-order valence-electron chi connectivity index (χ1n) is 10.1. The molecule has 1 fully saturated rings. The van der Waals surface area contributed by atoms with Gasteiger partial charge in [0.2, 0.25) is 11.8 Å². The number of alkyl halides is 3. The van der Waals surface area contributed by atoms with Crippen LogP contribution in [0.3, 0.4) is 0 Å². The predicted octanol–water partition coefficient (Wildman–Crippen LogP) is 1.23. The molecule has 0 radical (unpaired) electrons. The van der Waals surface area contributed by atoms with Gasteiger partial charge < -0.3 is 15.4 Å². The number of benzene rings is 1. The Hall–Kier alpha value is -4.23. The molecule has 4 aromatic rings. The number of fused-ring (bicyclic) bond motifs is 1. The quantitative estimate of drug-likeness (QED) is 0.320. The van der Waals surface area contributed by atoms with Crippen LogP contribution in [-0.4, -0.2) is 40.7 Å². The van der Waals surface area contributed by atoms with Gasteiger partial charge in [-0.1, -0.05) is 6.07 Å². The van der Waals surface area contributed by atoms with Crippen LogP contribution in [0.15, 0.2) is 34.2 Å². The highest BCUT2D eigenvalue weighted by Crippen LogP contribution is 2.31. The largest absolute Gasteiger partial charge is 0.493 e. The molecule has 14 heteroatoms. The summed E-state index contributed by atoms with van der Waals surface area (Å²) in [7, 11) is 0. The Bertz CT molecular complexity index is 1570. The molecule has 0 aliphatic heterocycles. The smallest absolute Gasteiger partial charge is 0.419 e. The number of nitrogens with one attached hydrogen (secondary N) is 3. The van der Waals surface area contributed by atoms with Gasteiger partial charge in [-0.05, 0) is 36.6 Å². The Labute approximate surface area is 186 Å². The molecule has 0 saturated heterocycles. The van der Waals surface area contributed by atoms with Gasteiger partial charge in [-0.2, -0.15) is 32.8 Å². The minimum Gasteiger partial charge on any atom is -0.493 e. The molecule has 0 unspecified atom stereocenters. The molecule has 1 saturated carbocycles. The Morgan fingerprint density at radius 3 is 2.71 bits per heavy atom. The van der Waals surface area contributed by atoms with Crippen molar-refractivity contribution in [2.24, 2.45) is 4.99 Å². The number of aromatic nitrogens is 6. The van der Waals surface area contributed by atoms with Crippen LogP contribution in [0.1, 0.15) is 29.7 Å². The molecular weight excluding hydrogens is 460 g/mol. The van der Waals surface area contributed by atoms with Crippen LogP contribution in [0.4, 0.5) is 23.5 Å². The summed E-state index contributed by atoms with van der Waals surface area (Å²) in [6, 6.07) is 2.73. The van der Waals surface area contributed by atoms with E-state index in [2.05, 4.69) is 35.3 Å². The lowest BCUT2D eigenvalue weighted by Crippen LogP contribution is -2.24. The van der Waals surface area contributed by atoms with Crippen LogP contribution in [0.5, 0.6) is 5.88 Å². The van der Waals surface area contributed by atoms with E-state index in [0.717, 1.165) is 25.0 Å². The fraction of sp³-hybridized carbons (Fsp3) is 0.250. The maximum absolute atomic E-state index is 13.9. The van der Waals surface area contributed by atoms with Gasteiger partial charge >= 0.3 is 11.9 Å². The lowest BCUT2D eigenvalue weighted by molar-refractivity contribution is -0.140. The van der Waals surface area contributed by atoms with Crippen molar-refractivity contribution in [3.8, 4) is 5.88 Å². The maximum Gasteiger partial charge on any atom is 0.419 e. The summed E-state index contributed by atoms with van der Waals surface area (Å²) in [6.07, 6.45) is -0.0692. The zero-order chi connectivity index (χ0) is 24.0. The highest BCUT2D eigenvalue weighted by atomic mass is 19.4. The van der Waals surface area contributed by atoms with Crippen molar-refractivity contribution in [1.29, 1.82) is 0 Å². The SMILES string of the molecule is O=c1[nH]c(O)c(C=c2cnn3c(=NC4CC4)nc(NCc4ccc(C(F)(F)F)c(F)c4)nc23)[nH]1. The monoisotopic (exact) mass is 476 g/mol. The highest BCUT2D eigenvalue weighted by molar-refractivity contribution is 5.57. The number of rotatable bonds is 5. The summed E-state index contributed by atoms with van der Waals surface area (Å²) in [6.45, 7) is -0.0484. The van der Waals surface area contributed by atoms with Crippen molar-refractivity contribution in [3.63, 3.8) is 0 Å². The van der Waals surface area contributed by atoms with E-state index in [-0.39, 0.29) is 41.3 Å². The first kappa shape index (κ1) is 21.6. The second kappa shape index (κ2) is 7.97. The number of aromatic amines is 2. The van der Waals surface area contributed by atoms with Gasteiger partial charge in [0.05, 0.1) is 17.8 Å². The zero-order valence-electron chi connectivity index (χ0n) is 17.2. The zero-order valence-corrected chi connectivity index (χ0v) is 17.2. The molecule has 10 nitrogen and oxygen atoms in total. The van der Waals surface area contributed by atoms with Crippen molar-refractivity contribution in [2.75, 3.05) is 5.32 Å². The van der Waals surface area contributed by atoms with Crippen molar-refractivity contribution in [2.45, 2.75) is 31.6 Å². The van der Waals surface area contributed by atoms with E-state index in [1.165, 1.54) is 16.8 Å².